The molecule has 8 N–H and O–H groups in total. The van der Waals surface area contributed by atoms with E-state index < -0.39 is 0 Å². The van der Waals surface area contributed by atoms with Crippen molar-refractivity contribution >= 4 is 66.8 Å². The van der Waals surface area contributed by atoms with Crippen molar-refractivity contribution in [2.24, 2.45) is 0 Å². The summed E-state index contributed by atoms with van der Waals surface area (Å²) in [6.45, 7) is 3.51. The van der Waals surface area contributed by atoms with E-state index in [1.807, 2.05) is 26.2 Å². The van der Waals surface area contributed by atoms with Gasteiger partial charge in [0, 0.05) is 72.4 Å². The Hall–Kier alpha value is -5.72. The van der Waals surface area contributed by atoms with Crippen LogP contribution >= 0.6 is 0 Å². The molecule has 4 aromatic carbocycles. The minimum Gasteiger partial charge on any atom is -0.398 e. The molecule has 2 heterocycles. The molecule has 6 aromatic rings. The molecule has 12 heteroatoms. The van der Waals surface area contributed by atoms with E-state index in [1.54, 1.807) is 60.7 Å². The van der Waals surface area contributed by atoms with Gasteiger partial charge in [0.15, 0.2) is 10.9 Å². The van der Waals surface area contributed by atoms with Crippen molar-refractivity contribution in [2.45, 2.75) is 0 Å². The Labute approximate surface area is 275 Å². The first kappa shape index (κ1) is 32.2. The van der Waals surface area contributed by atoms with Gasteiger partial charge in [-0.2, -0.15) is 0 Å². The molecule has 2 amide bonds. The van der Waals surface area contributed by atoms with Crippen LogP contribution in [0.15, 0.2) is 82.4 Å². The van der Waals surface area contributed by atoms with Crippen LogP contribution in [0.3, 0.4) is 0 Å². The monoisotopic (exact) mass is 646 g/mol. The molecule has 0 unspecified atom stereocenters. The zero-order valence-electron chi connectivity index (χ0n) is 26.9. The number of nitrogens with two attached hydrogens (primary N) is 2. The molecule has 246 valence electrons. The van der Waals surface area contributed by atoms with Crippen LogP contribution in [0.5, 0.6) is 0 Å². The minimum atomic E-state index is -0.293. The summed E-state index contributed by atoms with van der Waals surface area (Å²) in [5.41, 5.74) is 15.3. The van der Waals surface area contributed by atoms with Crippen molar-refractivity contribution in [3.05, 3.63) is 104 Å². The van der Waals surface area contributed by atoms with E-state index in [-0.39, 0.29) is 22.7 Å². The van der Waals surface area contributed by atoms with Crippen molar-refractivity contribution in [1.29, 1.82) is 0 Å². The van der Waals surface area contributed by atoms with E-state index >= 15 is 0 Å². The predicted octanol–water partition coefficient (Wildman–Crippen LogP) is 2.86. The second-order valence-corrected chi connectivity index (χ2v) is 12.0. The lowest BCUT2D eigenvalue weighted by Crippen LogP contribution is -2.39. The van der Waals surface area contributed by atoms with Crippen LogP contribution in [0.4, 0.5) is 11.4 Å². The van der Waals surface area contributed by atoms with Gasteiger partial charge in [-0.3, -0.25) is 19.2 Å². The molecule has 6 rings (SSSR count). The fourth-order valence-electron chi connectivity index (χ4n) is 5.96. The predicted molar refractivity (Wildman–Crippen MR) is 193 cm³/mol. The van der Waals surface area contributed by atoms with Crippen molar-refractivity contribution < 1.29 is 9.59 Å². The number of para-hydroxylation sites is 2. The van der Waals surface area contributed by atoms with Gasteiger partial charge in [0.1, 0.15) is 0 Å². The molecular formula is C36H38N8O4. The van der Waals surface area contributed by atoms with Gasteiger partial charge in [0.05, 0.1) is 32.9 Å². The van der Waals surface area contributed by atoms with Crippen LogP contribution in [-0.2, 0) is 0 Å². The number of benzene rings is 4. The molecule has 0 fully saturated rings. The van der Waals surface area contributed by atoms with Crippen molar-refractivity contribution in [3.8, 4) is 0 Å². The van der Waals surface area contributed by atoms with Gasteiger partial charge in [0.25, 0.3) is 11.8 Å². The van der Waals surface area contributed by atoms with Crippen LogP contribution < -0.4 is 33.0 Å². The number of carbonyl (C=O) groups is 2. The molecule has 0 bridgehead atoms. The van der Waals surface area contributed by atoms with Crippen molar-refractivity contribution in [3.63, 3.8) is 0 Å². The number of likely N-dealkylation sites (N-methyl/N-ethyl adjacent to an activating group) is 2. The number of aromatic amines is 2. The highest BCUT2D eigenvalue weighted by molar-refractivity contribution is 6.11. The summed E-state index contributed by atoms with van der Waals surface area (Å²) in [6, 6.07) is 20.7. The fraction of sp³-hybridized carbons (Fsp3) is 0.222. The Balaban J connectivity index is 0.990. The van der Waals surface area contributed by atoms with E-state index in [4.69, 9.17) is 11.5 Å². The summed E-state index contributed by atoms with van der Waals surface area (Å²) in [4.78, 5) is 63.2. The van der Waals surface area contributed by atoms with Gasteiger partial charge in [0.2, 0.25) is 0 Å². The topological polar surface area (TPSA) is 182 Å². The van der Waals surface area contributed by atoms with E-state index in [1.165, 1.54) is 0 Å². The summed E-state index contributed by atoms with van der Waals surface area (Å²) < 4.78 is 0. The first-order chi connectivity index (χ1) is 23.1. The van der Waals surface area contributed by atoms with Crippen LogP contribution in [0.25, 0.3) is 43.6 Å². The summed E-state index contributed by atoms with van der Waals surface area (Å²) in [6.07, 6.45) is 0. The minimum absolute atomic E-state index is 0.209. The molecule has 0 spiro atoms. The molecule has 48 heavy (non-hydrogen) atoms. The first-order valence-electron chi connectivity index (χ1n) is 15.7. The number of carbonyl (C=O) groups excluding carboxylic acids is 2. The number of amides is 2. The second kappa shape index (κ2) is 13.6. The average Bonchev–Trinajstić information content (AvgIpc) is 3.07. The van der Waals surface area contributed by atoms with E-state index in [0.717, 1.165) is 13.1 Å². The number of nitrogen functional groups attached to an aromatic ring is 2. The number of pyridine rings is 2. The number of anilines is 2. The van der Waals surface area contributed by atoms with Crippen LogP contribution in [-0.4, -0.2) is 84.9 Å². The van der Waals surface area contributed by atoms with E-state index in [9.17, 15) is 19.2 Å². The van der Waals surface area contributed by atoms with Crippen LogP contribution in [0.1, 0.15) is 20.7 Å². The Kier molecular flexibility index (Phi) is 9.10. The van der Waals surface area contributed by atoms with Gasteiger partial charge in [-0.15, -0.1) is 0 Å². The zero-order chi connectivity index (χ0) is 33.9. The lowest BCUT2D eigenvalue weighted by Gasteiger charge is -2.22. The molecule has 0 atom stereocenters. The largest absolute Gasteiger partial charge is 0.398 e. The summed E-state index contributed by atoms with van der Waals surface area (Å²) in [5.74, 6) is -0.586. The SMILES string of the molecule is CN(CCNC(=O)c1ccc(N)c2c(=O)c3ccccc3[nH]c12)CCN(C)CCNC(=O)c1ccc(N)c2c(=O)c3ccccc3[nH]c12. The number of nitrogens with zero attached hydrogens (tertiary/aromatic N) is 2. The second-order valence-electron chi connectivity index (χ2n) is 12.0. The first-order valence-corrected chi connectivity index (χ1v) is 15.7. The molecule has 0 aliphatic heterocycles. The number of H-pyrrole nitrogens is 2. The van der Waals surface area contributed by atoms with E-state index in [2.05, 4.69) is 30.4 Å². The maximum absolute atomic E-state index is 13.1. The summed E-state index contributed by atoms with van der Waals surface area (Å²) >= 11 is 0. The number of rotatable bonds is 11. The maximum atomic E-state index is 13.1. The molecule has 0 aliphatic rings. The van der Waals surface area contributed by atoms with Gasteiger partial charge in [-0.1, -0.05) is 24.3 Å². The molecule has 12 nitrogen and oxygen atoms in total. The third-order valence-corrected chi connectivity index (χ3v) is 8.70. The highest BCUT2D eigenvalue weighted by Gasteiger charge is 2.18. The summed E-state index contributed by atoms with van der Waals surface area (Å²) in [7, 11) is 3.95. The van der Waals surface area contributed by atoms with Crippen LogP contribution in [0, 0.1) is 0 Å². The van der Waals surface area contributed by atoms with Gasteiger partial charge >= 0.3 is 0 Å². The number of fused-ring (bicyclic) bond motifs is 4. The highest BCUT2D eigenvalue weighted by atomic mass is 16.2. The van der Waals surface area contributed by atoms with Crippen molar-refractivity contribution in [1.82, 2.24) is 30.4 Å². The quantitative estimate of drug-likeness (QED) is 0.0918. The van der Waals surface area contributed by atoms with Crippen molar-refractivity contribution in [2.75, 3.05) is 64.8 Å². The molecule has 0 radical (unpaired) electrons. The molecule has 0 saturated carbocycles. The Morgan fingerprint density at radius 3 is 1.42 bits per heavy atom. The number of aromatic nitrogens is 2. The van der Waals surface area contributed by atoms with Gasteiger partial charge in [-0.25, -0.2) is 0 Å². The normalized spacial score (nSPS) is 11.7. The Morgan fingerprint density at radius 2 is 1.00 bits per heavy atom. The third kappa shape index (κ3) is 6.31. The molecule has 0 aliphatic carbocycles. The molecular weight excluding hydrogens is 608 g/mol. The number of hydrogen-bond acceptors (Lipinski definition) is 8. The maximum Gasteiger partial charge on any atom is 0.253 e. The Morgan fingerprint density at radius 1 is 0.604 bits per heavy atom. The fourth-order valence-corrected chi connectivity index (χ4v) is 5.96. The van der Waals surface area contributed by atoms with E-state index in [0.29, 0.717) is 92.3 Å². The van der Waals surface area contributed by atoms with Gasteiger partial charge < -0.3 is 41.9 Å². The standard InChI is InChI=1S/C36H38N8O4/c1-43(17-15-39-35(47)23-11-13-25(37)29-31(23)41-27-9-5-3-7-21(27)33(29)45)19-20-44(2)18-16-40-36(48)24-12-14-26(38)30-32(24)42-28-10-6-4-8-22(28)34(30)46/h3-14H,15-20,37-38H2,1-2H3,(H,39,47)(H,40,48)(H,41,45)(H,42,46). The third-order valence-electron chi connectivity index (χ3n) is 8.70. The lowest BCUT2D eigenvalue weighted by atomic mass is 10.0. The lowest BCUT2D eigenvalue weighted by molar-refractivity contribution is 0.0940. The molecule has 0 saturated heterocycles. The smallest absolute Gasteiger partial charge is 0.253 e. The van der Waals surface area contributed by atoms with Crippen LogP contribution in [0.2, 0.25) is 0 Å². The number of nitrogens with one attached hydrogen (secondary N) is 4. The number of hydrogen-bond donors (Lipinski definition) is 6. The molecule has 2 aromatic heterocycles. The van der Waals surface area contributed by atoms with Gasteiger partial charge in [-0.05, 0) is 62.6 Å². The Bertz CT molecular complexity index is 2150. The highest BCUT2D eigenvalue weighted by Crippen LogP contribution is 2.24. The average molecular weight is 647 g/mol. The zero-order valence-corrected chi connectivity index (χ0v) is 26.9. The summed E-state index contributed by atoms with van der Waals surface area (Å²) in [5, 5.41) is 7.56.